The molecule has 4 heteroatoms. The van der Waals surface area contributed by atoms with E-state index in [-0.39, 0.29) is 6.04 Å². The highest BCUT2D eigenvalue weighted by molar-refractivity contribution is 9.10. The highest BCUT2D eigenvalue weighted by atomic mass is 79.9. The Balaban J connectivity index is 2.29. The third-order valence-electron chi connectivity index (χ3n) is 3.14. The lowest BCUT2D eigenvalue weighted by Gasteiger charge is -2.20. The molecule has 1 N–H and O–H groups in total. The van der Waals surface area contributed by atoms with E-state index >= 15 is 0 Å². The van der Waals surface area contributed by atoms with Crippen LogP contribution < -0.4 is 5.32 Å². The van der Waals surface area contributed by atoms with Crippen LogP contribution in [0.25, 0.3) is 0 Å². The Kier molecular flexibility index (Phi) is 6.09. The van der Waals surface area contributed by atoms with E-state index in [1.165, 1.54) is 5.56 Å². The Morgan fingerprint density at radius 2 is 1.90 bits per heavy atom. The minimum atomic E-state index is 0.208. The molecule has 0 spiro atoms. The van der Waals surface area contributed by atoms with Crippen LogP contribution in [-0.4, -0.2) is 6.54 Å². The lowest BCUT2D eigenvalue weighted by Crippen LogP contribution is -2.23. The second-order valence-electron chi connectivity index (χ2n) is 4.59. The number of hydrogen-bond acceptors (Lipinski definition) is 1. The zero-order valence-electron chi connectivity index (χ0n) is 11.2. The van der Waals surface area contributed by atoms with E-state index in [1.807, 2.05) is 18.2 Å². The molecule has 1 unspecified atom stereocenters. The molecule has 1 atom stereocenters. The van der Waals surface area contributed by atoms with E-state index in [4.69, 9.17) is 11.6 Å². The summed E-state index contributed by atoms with van der Waals surface area (Å²) in [7, 11) is 0. The van der Waals surface area contributed by atoms with Gasteiger partial charge in [0.1, 0.15) is 0 Å². The summed E-state index contributed by atoms with van der Waals surface area (Å²) in [5.74, 6) is 0. The Hall–Kier alpha value is -0.350. The molecule has 0 aromatic heterocycles. The lowest BCUT2D eigenvalue weighted by molar-refractivity contribution is 0.549. The van der Waals surface area contributed by atoms with Gasteiger partial charge in [-0.05, 0) is 58.2 Å². The Morgan fingerprint density at radius 3 is 2.60 bits per heavy atom. The van der Waals surface area contributed by atoms with E-state index in [0.717, 1.165) is 32.5 Å². The van der Waals surface area contributed by atoms with Crippen molar-refractivity contribution in [3.8, 4) is 0 Å². The summed E-state index contributed by atoms with van der Waals surface area (Å²) in [6.45, 7) is 3.02. The minimum Gasteiger partial charge on any atom is -0.310 e. The normalized spacial score (nSPS) is 12.4. The van der Waals surface area contributed by atoms with Crippen LogP contribution in [0.2, 0.25) is 5.02 Å². The molecule has 0 fully saturated rings. The number of halogens is 3. The predicted octanol–water partition coefficient (Wildman–Crippen LogP) is 5.76. The van der Waals surface area contributed by atoms with Crippen molar-refractivity contribution >= 4 is 43.5 Å². The van der Waals surface area contributed by atoms with Gasteiger partial charge < -0.3 is 5.32 Å². The van der Waals surface area contributed by atoms with Crippen LogP contribution in [0, 0.1) is 0 Å². The SMILES string of the molecule is CCNC(Cc1cccc(Br)c1)c1cccc(Br)c1Cl. The molecule has 0 radical (unpaired) electrons. The fourth-order valence-electron chi connectivity index (χ4n) is 2.23. The van der Waals surface area contributed by atoms with Crippen molar-refractivity contribution in [1.82, 2.24) is 5.32 Å². The van der Waals surface area contributed by atoms with E-state index < -0.39 is 0 Å². The molecule has 106 valence electrons. The Morgan fingerprint density at radius 1 is 1.15 bits per heavy atom. The second-order valence-corrected chi connectivity index (χ2v) is 6.74. The smallest absolute Gasteiger partial charge is 0.0595 e. The van der Waals surface area contributed by atoms with Crippen LogP contribution in [0.15, 0.2) is 51.4 Å². The average Bonchev–Trinajstić information content (AvgIpc) is 2.42. The summed E-state index contributed by atoms with van der Waals surface area (Å²) < 4.78 is 2.04. The van der Waals surface area contributed by atoms with E-state index in [0.29, 0.717) is 0 Å². The molecule has 0 aliphatic rings. The third-order valence-corrected chi connectivity index (χ3v) is 4.94. The van der Waals surface area contributed by atoms with Gasteiger partial charge in [-0.25, -0.2) is 0 Å². The maximum Gasteiger partial charge on any atom is 0.0595 e. The summed E-state index contributed by atoms with van der Waals surface area (Å²) in [4.78, 5) is 0. The Bertz CT molecular complexity index is 586. The standard InChI is InChI=1S/C16H16Br2ClN/c1-2-20-15(10-11-5-3-6-12(17)9-11)13-7-4-8-14(18)16(13)19/h3-9,15,20H,2,10H2,1H3. The molecule has 2 aromatic carbocycles. The quantitative estimate of drug-likeness (QED) is 0.652. The monoisotopic (exact) mass is 415 g/mol. The second kappa shape index (κ2) is 7.60. The van der Waals surface area contributed by atoms with E-state index in [9.17, 15) is 0 Å². The summed E-state index contributed by atoms with van der Waals surface area (Å²) in [5.41, 5.74) is 2.41. The molecule has 0 saturated carbocycles. The van der Waals surface area contributed by atoms with Crippen LogP contribution in [0.4, 0.5) is 0 Å². The van der Waals surface area contributed by atoms with Crippen molar-refractivity contribution in [3.05, 3.63) is 67.6 Å². The summed E-state index contributed by atoms with van der Waals surface area (Å²) >= 11 is 13.4. The van der Waals surface area contributed by atoms with Gasteiger partial charge >= 0.3 is 0 Å². The molecular weight excluding hydrogens is 401 g/mol. The zero-order chi connectivity index (χ0) is 14.5. The maximum absolute atomic E-state index is 6.43. The number of likely N-dealkylation sites (N-methyl/N-ethyl adjacent to an activating group) is 1. The van der Waals surface area contributed by atoms with E-state index in [1.54, 1.807) is 0 Å². The molecule has 0 amide bonds. The summed E-state index contributed by atoms with van der Waals surface area (Å²) in [6, 6.07) is 14.7. The molecule has 0 bridgehead atoms. The van der Waals surface area contributed by atoms with Gasteiger partial charge in [0, 0.05) is 15.0 Å². The molecule has 20 heavy (non-hydrogen) atoms. The molecule has 2 aromatic rings. The molecule has 1 nitrogen and oxygen atoms in total. The van der Waals surface area contributed by atoms with Crippen LogP contribution in [-0.2, 0) is 6.42 Å². The fraction of sp³-hybridized carbons (Fsp3) is 0.250. The number of hydrogen-bond donors (Lipinski definition) is 1. The highest BCUT2D eigenvalue weighted by Gasteiger charge is 2.16. The summed E-state index contributed by atoms with van der Waals surface area (Å²) in [6.07, 6.45) is 0.906. The van der Waals surface area contributed by atoms with E-state index in [2.05, 4.69) is 68.4 Å². The first-order valence-corrected chi connectivity index (χ1v) is 8.50. The van der Waals surface area contributed by atoms with Crippen LogP contribution in [0.1, 0.15) is 24.1 Å². The van der Waals surface area contributed by atoms with Crippen molar-refractivity contribution in [3.63, 3.8) is 0 Å². The third kappa shape index (κ3) is 4.08. The van der Waals surface area contributed by atoms with Gasteiger partial charge in [-0.3, -0.25) is 0 Å². The van der Waals surface area contributed by atoms with Gasteiger partial charge in [0.15, 0.2) is 0 Å². The fourth-order valence-corrected chi connectivity index (χ4v) is 3.31. The number of rotatable bonds is 5. The zero-order valence-corrected chi connectivity index (χ0v) is 15.1. The first-order chi connectivity index (χ1) is 9.61. The van der Waals surface area contributed by atoms with Crippen molar-refractivity contribution in [2.45, 2.75) is 19.4 Å². The molecule has 0 saturated heterocycles. The predicted molar refractivity (Wildman–Crippen MR) is 93.4 cm³/mol. The van der Waals surface area contributed by atoms with Crippen LogP contribution in [0.3, 0.4) is 0 Å². The van der Waals surface area contributed by atoms with Gasteiger partial charge in [-0.2, -0.15) is 0 Å². The average molecular weight is 418 g/mol. The largest absolute Gasteiger partial charge is 0.310 e. The minimum absolute atomic E-state index is 0.208. The van der Waals surface area contributed by atoms with Gasteiger partial charge in [-0.1, -0.05) is 58.7 Å². The first-order valence-electron chi connectivity index (χ1n) is 6.53. The van der Waals surface area contributed by atoms with Crippen LogP contribution in [0.5, 0.6) is 0 Å². The lowest BCUT2D eigenvalue weighted by atomic mass is 9.99. The molecule has 0 aliphatic carbocycles. The molecule has 0 aliphatic heterocycles. The molecule has 2 rings (SSSR count). The van der Waals surface area contributed by atoms with Gasteiger partial charge in [0.05, 0.1) is 5.02 Å². The van der Waals surface area contributed by atoms with Gasteiger partial charge in [0.25, 0.3) is 0 Å². The molecule has 0 heterocycles. The first kappa shape index (κ1) is 16.0. The van der Waals surface area contributed by atoms with Crippen molar-refractivity contribution in [1.29, 1.82) is 0 Å². The number of nitrogens with one attached hydrogen (secondary N) is 1. The van der Waals surface area contributed by atoms with Crippen LogP contribution >= 0.6 is 43.5 Å². The highest BCUT2D eigenvalue weighted by Crippen LogP contribution is 2.32. The maximum atomic E-state index is 6.43. The van der Waals surface area contributed by atoms with Crippen molar-refractivity contribution in [2.75, 3.05) is 6.54 Å². The van der Waals surface area contributed by atoms with Gasteiger partial charge in [0.2, 0.25) is 0 Å². The number of benzene rings is 2. The van der Waals surface area contributed by atoms with Crippen molar-refractivity contribution in [2.24, 2.45) is 0 Å². The van der Waals surface area contributed by atoms with Gasteiger partial charge in [-0.15, -0.1) is 0 Å². The topological polar surface area (TPSA) is 12.0 Å². The molecular formula is C16H16Br2ClN. The summed E-state index contributed by atoms with van der Waals surface area (Å²) in [5, 5.41) is 4.30. The van der Waals surface area contributed by atoms with Crippen molar-refractivity contribution < 1.29 is 0 Å². The Labute approximate surface area is 142 Å².